The highest BCUT2D eigenvalue weighted by Crippen LogP contribution is 2.28. The number of likely N-dealkylation sites (tertiary alicyclic amines) is 3. The lowest BCUT2D eigenvalue weighted by Gasteiger charge is -2.20. The molecule has 0 unspecified atom stereocenters. The molecule has 3 fully saturated rings. The van der Waals surface area contributed by atoms with Crippen LogP contribution in [-0.4, -0.2) is 200 Å². The second-order valence-corrected chi connectivity index (χ2v) is 28.7. The molecule has 12 rings (SSSR count). The van der Waals surface area contributed by atoms with Crippen LogP contribution in [0.2, 0.25) is 0 Å². The van der Waals surface area contributed by atoms with Gasteiger partial charge in [-0.05, 0) is 89.7 Å². The molecule has 0 spiro atoms. The Kier molecular flexibility index (Phi) is 25.9. The Bertz CT molecular complexity index is 4210. The molecule has 0 amide bonds. The minimum Gasteiger partial charge on any atom is -0.460 e. The van der Waals surface area contributed by atoms with Gasteiger partial charge in [0.05, 0.1) is 53.8 Å². The maximum absolute atomic E-state index is 12.4. The molecule has 0 aliphatic carbocycles. The van der Waals surface area contributed by atoms with Crippen LogP contribution in [0.4, 0.5) is 34.9 Å². The number of hydrogen-bond donors (Lipinski definition) is 3. The minimum atomic E-state index is -0.381. The van der Waals surface area contributed by atoms with E-state index < -0.39 is 0 Å². The summed E-state index contributed by atoms with van der Waals surface area (Å²) in [5.74, 6) is 3.51. The maximum Gasteiger partial charge on any atom is 0.328 e. The summed E-state index contributed by atoms with van der Waals surface area (Å²) in [4.78, 5) is 105. The molecular weight excluding hydrogens is 1330 g/mol. The van der Waals surface area contributed by atoms with Crippen molar-refractivity contribution in [3.63, 3.8) is 0 Å². The first-order valence-corrected chi connectivity index (χ1v) is 36.4. The summed E-state index contributed by atoms with van der Waals surface area (Å²) < 4.78 is 27.8. The van der Waals surface area contributed by atoms with Crippen LogP contribution in [0, 0.1) is 29.6 Å². The van der Waals surface area contributed by atoms with Crippen molar-refractivity contribution in [1.29, 1.82) is 0 Å². The average Bonchev–Trinajstić information content (AvgIpc) is 1.84. The van der Waals surface area contributed by atoms with E-state index in [1.807, 2.05) is 72.6 Å². The number of likely N-dealkylation sites (N-methyl/N-ethyl adjacent to an activating group) is 3. The zero-order valence-electron chi connectivity index (χ0n) is 62.5. The summed E-state index contributed by atoms with van der Waals surface area (Å²) in [6, 6.07) is 5.54. The van der Waals surface area contributed by atoms with Crippen LogP contribution in [0.15, 0.2) is 92.6 Å². The predicted octanol–water partition coefficient (Wildman–Crippen LogP) is 9.53. The molecule has 104 heavy (non-hydrogen) atoms. The van der Waals surface area contributed by atoms with E-state index in [4.69, 9.17) is 29.2 Å². The molecule has 12 heterocycles. The van der Waals surface area contributed by atoms with Gasteiger partial charge in [-0.1, -0.05) is 81.1 Å². The second-order valence-electron chi connectivity index (χ2n) is 28.7. The van der Waals surface area contributed by atoms with Crippen LogP contribution < -0.4 is 16.0 Å². The van der Waals surface area contributed by atoms with Crippen molar-refractivity contribution in [3.05, 3.63) is 92.6 Å². The number of rotatable bonds is 30. The molecule has 3 N–H and O–H groups in total. The SMILES string of the molecule is CCC(CC)Cn1ccc2cnc(Nc3cnn(CC(=O)O[C@@H]4C[C@@H](C(C)=O)N(C)C4)c3)nc21.CC[C@H](Cn1ccc2cnc(Nc3cnn(CC(=O)O[C@@H]4C[C@@H](C(C)=O)N(C)C4)c3)nc21)C(C)C.CC[C@H](Cn1ccc2cnc(Nc3cnn(CC(=O)O[C@@H]4C[C@@H](C(C)=O)N(C)C4)c3)nc21)C(C)C. The number of anilines is 6. The minimum absolute atomic E-state index is 0.00913. The number of nitrogens with one attached hydrogen (secondary N) is 3. The number of nitrogens with zero attached hydrogens (tertiary/aromatic N) is 18. The number of carbonyl (C=O) groups excluding carboxylic acids is 6. The fraction of sp³-hybridized carbons (Fsp3) is 0.554. The number of hydrogen-bond acceptors (Lipinski definition) is 24. The average molecular weight is 1430 g/mol. The molecule has 0 bridgehead atoms. The van der Waals surface area contributed by atoms with Gasteiger partial charge in [-0.25, -0.2) is 15.0 Å². The van der Waals surface area contributed by atoms with E-state index in [0.717, 1.165) is 78.4 Å². The van der Waals surface area contributed by atoms with Gasteiger partial charge in [0.25, 0.3) is 0 Å². The van der Waals surface area contributed by atoms with Crippen molar-refractivity contribution < 1.29 is 43.0 Å². The molecule has 3 saturated heterocycles. The molecule has 3 aliphatic rings. The number of aromatic nitrogens is 15. The topological polar surface area (TPSA) is 322 Å². The van der Waals surface area contributed by atoms with Gasteiger partial charge in [-0.15, -0.1) is 0 Å². The van der Waals surface area contributed by atoms with Crippen LogP contribution >= 0.6 is 0 Å². The fourth-order valence-corrected chi connectivity index (χ4v) is 14.0. The highest BCUT2D eigenvalue weighted by atomic mass is 16.6. The molecule has 9 aromatic heterocycles. The van der Waals surface area contributed by atoms with Gasteiger partial charge in [0, 0.05) is 130 Å². The lowest BCUT2D eigenvalue weighted by Crippen LogP contribution is -2.31. The van der Waals surface area contributed by atoms with Crippen LogP contribution in [-0.2, 0) is 82.2 Å². The molecule has 8 atom stereocenters. The highest BCUT2D eigenvalue weighted by molar-refractivity contribution is 5.84. The van der Waals surface area contributed by atoms with Gasteiger partial charge in [-0.3, -0.25) is 57.5 Å². The zero-order valence-corrected chi connectivity index (χ0v) is 62.5. The quantitative estimate of drug-likeness (QED) is 0.0278. The summed E-state index contributed by atoms with van der Waals surface area (Å²) in [5.41, 5.74) is 4.72. The third-order valence-electron chi connectivity index (χ3n) is 20.3. The number of Topliss-reactive ketones (excluding diaryl/α,β-unsaturated/α-hetero) is 3. The number of esters is 3. The third kappa shape index (κ3) is 20.1. The summed E-state index contributed by atoms with van der Waals surface area (Å²) in [5, 5.41) is 25.3. The molecule has 558 valence electrons. The molecule has 30 nitrogen and oxygen atoms in total. The standard InChI is InChI=1S/2C25H35N7O3.C24H33N7O3/c2*1-6-18(16(2)3)12-31-8-7-19-10-26-25(29-24(19)31)28-20-11-27-32(13-20)15-23(34)35-21-9-22(17(4)33)30(5)14-21;1-5-17(6-2)12-30-8-7-18-10-25-24(28-23(18)30)27-19-11-26-31(13-19)15-22(33)34-20-9-21(16(3)32)29(4)14-20/h2*7-8,10-11,13,16,18,21-22H,6,9,12,14-15H2,1-5H3,(H,26,28,29);7-8,10-11,13,17,20-21H,5-6,9,12,14-15H2,1-4H3,(H,25,27,28)/t2*18-,21-,22+;20-,21+/m111/s1. The van der Waals surface area contributed by atoms with Crippen molar-refractivity contribution in [2.75, 3.05) is 56.7 Å². The molecule has 3 aliphatic heterocycles. The monoisotopic (exact) mass is 1430 g/mol. The second kappa shape index (κ2) is 35.1. The summed E-state index contributed by atoms with van der Waals surface area (Å²) >= 11 is 0. The smallest absolute Gasteiger partial charge is 0.328 e. The van der Waals surface area contributed by atoms with E-state index in [-0.39, 0.29) is 91.3 Å². The molecule has 0 radical (unpaired) electrons. The maximum atomic E-state index is 12.4. The third-order valence-corrected chi connectivity index (χ3v) is 20.3. The van der Waals surface area contributed by atoms with Crippen molar-refractivity contribution >= 4 is 103 Å². The number of ether oxygens (including phenoxy) is 3. The van der Waals surface area contributed by atoms with Gasteiger partial charge >= 0.3 is 17.9 Å². The van der Waals surface area contributed by atoms with E-state index in [1.54, 1.807) is 58.0 Å². The Morgan fingerprint density at radius 2 is 0.740 bits per heavy atom. The Balaban J connectivity index is 0.000000167. The first-order valence-electron chi connectivity index (χ1n) is 36.4. The van der Waals surface area contributed by atoms with Gasteiger partial charge < -0.3 is 43.9 Å². The molecule has 0 aromatic carbocycles. The summed E-state index contributed by atoms with van der Waals surface area (Å²) in [6.45, 7) is 27.0. The Morgan fingerprint density at radius 1 is 0.442 bits per heavy atom. The Hall–Kier alpha value is -9.81. The number of ketones is 3. The van der Waals surface area contributed by atoms with Crippen molar-refractivity contribution in [2.24, 2.45) is 29.6 Å². The zero-order chi connectivity index (χ0) is 74.5. The van der Waals surface area contributed by atoms with E-state index >= 15 is 0 Å². The van der Waals surface area contributed by atoms with Crippen LogP contribution in [0.1, 0.15) is 121 Å². The number of carbonyl (C=O) groups is 6. The first kappa shape index (κ1) is 76.8. The van der Waals surface area contributed by atoms with Crippen molar-refractivity contribution in [1.82, 2.24) is 87.6 Å². The Morgan fingerprint density at radius 3 is 1.00 bits per heavy atom. The van der Waals surface area contributed by atoms with E-state index in [9.17, 15) is 28.8 Å². The lowest BCUT2D eigenvalue weighted by molar-refractivity contribution is -0.150. The van der Waals surface area contributed by atoms with Crippen molar-refractivity contribution in [2.45, 2.75) is 197 Å². The molecule has 0 saturated carbocycles. The van der Waals surface area contributed by atoms with Gasteiger partial charge in [0.2, 0.25) is 17.8 Å². The summed E-state index contributed by atoms with van der Waals surface area (Å²) in [7, 11) is 5.61. The van der Waals surface area contributed by atoms with Gasteiger partial charge in [0.15, 0.2) is 0 Å². The van der Waals surface area contributed by atoms with E-state index in [0.29, 0.717) is 103 Å². The molecule has 30 heteroatoms. The molecular formula is C74H103N21O9. The highest BCUT2D eigenvalue weighted by Gasteiger charge is 2.37. The molecule has 9 aromatic rings. The summed E-state index contributed by atoms with van der Waals surface area (Å²) in [6.07, 6.45) is 26.9. The van der Waals surface area contributed by atoms with Gasteiger partial charge in [-0.2, -0.15) is 30.2 Å². The van der Waals surface area contributed by atoms with Gasteiger partial charge in [0.1, 0.15) is 72.2 Å². The van der Waals surface area contributed by atoms with Crippen LogP contribution in [0.25, 0.3) is 33.1 Å². The number of fused-ring (bicyclic) bond motifs is 3. The Labute approximate surface area is 607 Å². The van der Waals surface area contributed by atoms with E-state index in [1.165, 1.54) is 14.0 Å². The van der Waals surface area contributed by atoms with Crippen LogP contribution in [0.3, 0.4) is 0 Å². The van der Waals surface area contributed by atoms with E-state index in [2.05, 4.69) is 134 Å². The van der Waals surface area contributed by atoms with Crippen LogP contribution in [0.5, 0.6) is 0 Å². The first-order chi connectivity index (χ1) is 49.8. The largest absolute Gasteiger partial charge is 0.460 e. The predicted molar refractivity (Wildman–Crippen MR) is 395 cm³/mol. The normalized spacial score (nSPS) is 19.1. The fourth-order valence-electron chi connectivity index (χ4n) is 14.0. The lowest BCUT2D eigenvalue weighted by atomic mass is 9.93. The van der Waals surface area contributed by atoms with Crippen molar-refractivity contribution in [3.8, 4) is 0 Å².